The topological polar surface area (TPSA) is 45.5 Å². The molecule has 0 bridgehead atoms. The quantitative estimate of drug-likeness (QED) is 0.742. The lowest BCUT2D eigenvalue weighted by atomic mass is 10.6. The molecule has 0 aromatic carbocycles. The first-order chi connectivity index (χ1) is 9.70. The molecule has 1 N–H and O–H groups in total. The predicted molar refractivity (Wildman–Crippen MR) is 87.5 cm³/mol. The molecule has 2 rings (SSSR count). The molecule has 2 heterocycles. The first-order valence-corrected chi connectivity index (χ1v) is 7.42. The molecule has 0 amide bonds. The van der Waals surface area contributed by atoms with Gasteiger partial charge in [-0.25, -0.2) is 9.55 Å². The summed E-state index contributed by atoms with van der Waals surface area (Å²) < 4.78 is 1.97. The molecule has 0 spiro atoms. The third-order valence-electron chi connectivity index (χ3n) is 1.80. The average Bonchev–Trinajstić information content (AvgIpc) is 3.00. The molecule has 2 aromatic rings. The Morgan fingerprint density at radius 2 is 1.55 bits per heavy atom. The van der Waals surface area contributed by atoms with Crippen molar-refractivity contribution in [2.45, 2.75) is 55.4 Å². The molecular weight excluding hydrogens is 248 g/mol. The molecule has 0 unspecified atom stereocenters. The molecule has 4 nitrogen and oxygen atoms in total. The van der Waals surface area contributed by atoms with Gasteiger partial charge in [0.05, 0.1) is 19.6 Å². The Kier molecular flexibility index (Phi) is 22.9. The van der Waals surface area contributed by atoms with E-state index in [1.54, 1.807) is 18.7 Å². The molecule has 0 fully saturated rings. The molecule has 0 aliphatic rings. The number of imidazole rings is 1. The second-order valence-electron chi connectivity index (χ2n) is 3.01. The number of hydrogen-bond acceptors (Lipinski definition) is 2. The normalized spacial score (nSPS) is 7.25. The highest BCUT2D eigenvalue weighted by molar-refractivity contribution is 4.87. The van der Waals surface area contributed by atoms with Crippen molar-refractivity contribution in [1.29, 1.82) is 0 Å². The summed E-state index contributed by atoms with van der Waals surface area (Å²) in [5.41, 5.74) is 1.11. The SMILES string of the molecule is CC.CC.CC.Cc1cnc[nH]1.Cc1nccc[n+]1C. The molecule has 0 atom stereocenters. The number of nitrogens with zero attached hydrogens (tertiary/aromatic N) is 3. The Balaban J connectivity index is -0.000000215. The molecule has 0 radical (unpaired) electrons. The van der Waals surface area contributed by atoms with Crippen LogP contribution in [0.5, 0.6) is 0 Å². The largest absolute Gasteiger partial charge is 0.349 e. The van der Waals surface area contributed by atoms with Crippen LogP contribution in [-0.2, 0) is 7.05 Å². The van der Waals surface area contributed by atoms with Gasteiger partial charge in [-0.1, -0.05) is 46.5 Å². The Labute approximate surface area is 125 Å². The van der Waals surface area contributed by atoms with Crippen molar-refractivity contribution in [3.05, 3.63) is 42.5 Å². The Morgan fingerprint density at radius 1 is 1.00 bits per heavy atom. The number of H-pyrrole nitrogens is 1. The highest BCUT2D eigenvalue weighted by atomic mass is 15.0. The number of aromatic nitrogens is 4. The molecule has 2 aromatic heterocycles. The fourth-order valence-electron chi connectivity index (χ4n) is 0.843. The second kappa shape index (κ2) is 19.6. The first-order valence-electron chi connectivity index (χ1n) is 7.42. The van der Waals surface area contributed by atoms with Crippen LogP contribution in [0.25, 0.3) is 0 Å². The van der Waals surface area contributed by atoms with Gasteiger partial charge < -0.3 is 4.98 Å². The van der Waals surface area contributed by atoms with E-state index in [2.05, 4.69) is 15.0 Å². The minimum atomic E-state index is 1.03. The second-order valence-corrected chi connectivity index (χ2v) is 3.01. The average molecular weight is 281 g/mol. The summed E-state index contributed by atoms with van der Waals surface area (Å²) >= 11 is 0. The zero-order chi connectivity index (χ0) is 16.4. The van der Waals surface area contributed by atoms with Crippen molar-refractivity contribution < 1.29 is 4.57 Å². The zero-order valence-electron chi connectivity index (χ0n) is 14.7. The van der Waals surface area contributed by atoms with Gasteiger partial charge in [-0.2, -0.15) is 0 Å². The maximum absolute atomic E-state index is 4.04. The third kappa shape index (κ3) is 14.4. The van der Waals surface area contributed by atoms with Gasteiger partial charge in [0.25, 0.3) is 5.82 Å². The molecule has 0 saturated carbocycles. The van der Waals surface area contributed by atoms with E-state index in [0.29, 0.717) is 0 Å². The Morgan fingerprint density at radius 3 is 1.75 bits per heavy atom. The highest BCUT2D eigenvalue weighted by Crippen LogP contribution is 1.81. The monoisotopic (exact) mass is 281 g/mol. The van der Waals surface area contributed by atoms with E-state index in [4.69, 9.17) is 0 Å². The maximum atomic E-state index is 4.04. The first kappa shape index (κ1) is 23.4. The highest BCUT2D eigenvalue weighted by Gasteiger charge is 1.94. The van der Waals surface area contributed by atoms with E-state index in [1.165, 1.54) is 0 Å². The molecule has 0 aliphatic heterocycles. The minimum absolute atomic E-state index is 1.03. The number of rotatable bonds is 0. The fourth-order valence-corrected chi connectivity index (χ4v) is 0.843. The van der Waals surface area contributed by atoms with Gasteiger partial charge in [-0.15, -0.1) is 0 Å². The predicted octanol–water partition coefficient (Wildman–Crippen LogP) is 4.01. The van der Waals surface area contributed by atoms with Gasteiger partial charge in [0, 0.05) is 24.9 Å². The molecule has 20 heavy (non-hydrogen) atoms. The smallest absolute Gasteiger partial charge is 0.294 e. The van der Waals surface area contributed by atoms with E-state index < -0.39 is 0 Å². The molecular formula is C16H33N4+. The van der Waals surface area contributed by atoms with Crippen molar-refractivity contribution in [2.24, 2.45) is 7.05 Å². The Hall–Kier alpha value is -1.71. The summed E-state index contributed by atoms with van der Waals surface area (Å²) in [6, 6.07) is 1.91. The van der Waals surface area contributed by atoms with E-state index >= 15 is 0 Å². The van der Waals surface area contributed by atoms with Crippen molar-refractivity contribution in [1.82, 2.24) is 15.0 Å². The zero-order valence-corrected chi connectivity index (χ0v) is 14.7. The number of aromatic amines is 1. The van der Waals surface area contributed by atoms with Crippen LogP contribution in [0, 0.1) is 13.8 Å². The molecule has 4 heteroatoms. The van der Waals surface area contributed by atoms with Crippen molar-refractivity contribution >= 4 is 0 Å². The minimum Gasteiger partial charge on any atom is -0.349 e. The van der Waals surface area contributed by atoms with Gasteiger partial charge in [0.15, 0.2) is 0 Å². The van der Waals surface area contributed by atoms with E-state index in [9.17, 15) is 0 Å². The van der Waals surface area contributed by atoms with Crippen molar-refractivity contribution in [2.75, 3.05) is 0 Å². The number of nitrogens with one attached hydrogen (secondary N) is 1. The summed E-state index contributed by atoms with van der Waals surface area (Å²) in [5.74, 6) is 1.03. The van der Waals surface area contributed by atoms with Crippen LogP contribution >= 0.6 is 0 Å². The lowest BCUT2D eigenvalue weighted by molar-refractivity contribution is -0.681. The lowest BCUT2D eigenvalue weighted by Gasteiger charge is -1.86. The van der Waals surface area contributed by atoms with E-state index in [1.807, 2.05) is 79.3 Å². The molecule has 0 saturated heterocycles. The van der Waals surface area contributed by atoms with Crippen LogP contribution in [0.1, 0.15) is 53.1 Å². The van der Waals surface area contributed by atoms with Gasteiger partial charge in [0.2, 0.25) is 0 Å². The van der Waals surface area contributed by atoms with Crippen LogP contribution in [0.3, 0.4) is 0 Å². The maximum Gasteiger partial charge on any atom is 0.294 e. The van der Waals surface area contributed by atoms with Crippen molar-refractivity contribution in [3.63, 3.8) is 0 Å². The number of hydrogen-bond donors (Lipinski definition) is 1. The lowest BCUT2D eigenvalue weighted by Crippen LogP contribution is -2.31. The van der Waals surface area contributed by atoms with Crippen LogP contribution in [0.15, 0.2) is 31.0 Å². The number of aryl methyl sites for hydroxylation is 3. The fraction of sp³-hybridized carbons (Fsp3) is 0.562. The third-order valence-corrected chi connectivity index (χ3v) is 1.80. The van der Waals surface area contributed by atoms with E-state index in [0.717, 1.165) is 11.5 Å². The summed E-state index contributed by atoms with van der Waals surface area (Å²) in [4.78, 5) is 10.7. The van der Waals surface area contributed by atoms with Crippen LogP contribution in [0.4, 0.5) is 0 Å². The van der Waals surface area contributed by atoms with Gasteiger partial charge in [-0.3, -0.25) is 0 Å². The Bertz CT molecular complexity index is 349. The molecule has 0 aliphatic carbocycles. The molecule has 116 valence electrons. The van der Waals surface area contributed by atoms with E-state index in [-0.39, 0.29) is 0 Å². The van der Waals surface area contributed by atoms with Crippen LogP contribution in [-0.4, -0.2) is 15.0 Å². The summed E-state index contributed by atoms with van der Waals surface area (Å²) in [6.07, 6.45) is 7.20. The van der Waals surface area contributed by atoms with Crippen LogP contribution in [0.2, 0.25) is 0 Å². The summed E-state index contributed by atoms with van der Waals surface area (Å²) in [7, 11) is 1.97. The van der Waals surface area contributed by atoms with Gasteiger partial charge in [-0.05, 0) is 6.92 Å². The summed E-state index contributed by atoms with van der Waals surface area (Å²) in [5, 5.41) is 0. The van der Waals surface area contributed by atoms with Crippen molar-refractivity contribution in [3.8, 4) is 0 Å². The standard InChI is InChI=1S/C6H9N2.C4H6N2.3C2H6/c1-6-7-4-3-5-8(6)2;1-4-2-5-3-6-4;3*1-2/h3-5H,1-2H3;2-3H,1H3,(H,5,6);3*1-2H3/q+1;;;;. The van der Waals surface area contributed by atoms with Gasteiger partial charge >= 0.3 is 0 Å². The van der Waals surface area contributed by atoms with Crippen LogP contribution < -0.4 is 4.57 Å². The summed E-state index contributed by atoms with van der Waals surface area (Å²) in [6.45, 7) is 15.9. The van der Waals surface area contributed by atoms with Gasteiger partial charge in [0.1, 0.15) is 6.20 Å².